The molecule has 0 heterocycles. The van der Waals surface area contributed by atoms with Crippen molar-refractivity contribution in [1.29, 1.82) is 0 Å². The Morgan fingerprint density at radius 2 is 1.91 bits per heavy atom. The van der Waals surface area contributed by atoms with Gasteiger partial charge in [-0.2, -0.15) is 0 Å². The van der Waals surface area contributed by atoms with E-state index >= 15 is 0 Å². The minimum atomic E-state index is -3.63. The monoisotopic (exact) mass is 342 g/mol. The van der Waals surface area contributed by atoms with E-state index < -0.39 is 16.0 Å². The third kappa shape index (κ3) is 5.65. The highest BCUT2D eigenvalue weighted by atomic mass is 32.2. The summed E-state index contributed by atoms with van der Waals surface area (Å²) in [4.78, 5) is 15.6. The van der Waals surface area contributed by atoms with Gasteiger partial charge in [-0.25, -0.2) is 12.7 Å². The second-order valence-electron chi connectivity index (χ2n) is 4.94. The van der Waals surface area contributed by atoms with Gasteiger partial charge in [-0.1, -0.05) is 17.3 Å². The molecule has 0 bridgehead atoms. The Morgan fingerprint density at radius 3 is 2.43 bits per heavy atom. The van der Waals surface area contributed by atoms with E-state index in [1.165, 1.54) is 19.2 Å². The highest BCUT2D eigenvalue weighted by Crippen LogP contribution is 2.16. The fourth-order valence-electron chi connectivity index (χ4n) is 1.84. The normalized spacial score (nSPS) is 12.4. The number of rotatable bonds is 9. The molecule has 0 saturated heterocycles. The molecule has 1 rings (SSSR count). The molecule has 1 aromatic rings. The number of benzene rings is 1. The Kier molecular flexibility index (Phi) is 7.18. The summed E-state index contributed by atoms with van der Waals surface area (Å²) in [6.07, 6.45) is 0.204. The lowest BCUT2D eigenvalue weighted by Gasteiger charge is -2.17. The van der Waals surface area contributed by atoms with Gasteiger partial charge in [-0.3, -0.25) is 4.79 Å². The molecule has 0 aliphatic carbocycles. The number of carboxylic acids is 1. The molecule has 0 aliphatic rings. The molecule has 0 saturated carbocycles. The molecule has 8 heteroatoms. The Hall–Kier alpha value is -1.93. The average molecular weight is 342 g/mol. The van der Waals surface area contributed by atoms with Gasteiger partial charge in [0.1, 0.15) is 6.61 Å². The van der Waals surface area contributed by atoms with Crippen LogP contribution >= 0.6 is 0 Å². The zero-order valence-corrected chi connectivity index (χ0v) is 14.3. The molecule has 23 heavy (non-hydrogen) atoms. The second kappa shape index (κ2) is 8.64. The van der Waals surface area contributed by atoms with E-state index in [2.05, 4.69) is 5.16 Å². The van der Waals surface area contributed by atoms with Crippen LogP contribution in [0.4, 0.5) is 0 Å². The number of oxime groups is 1. The number of sulfonamides is 1. The van der Waals surface area contributed by atoms with Crippen molar-refractivity contribution in [3.05, 3.63) is 29.8 Å². The fourth-order valence-corrected chi connectivity index (χ4v) is 3.04. The van der Waals surface area contributed by atoms with E-state index in [1.54, 1.807) is 19.1 Å². The van der Waals surface area contributed by atoms with Crippen LogP contribution in [-0.2, 0) is 19.7 Å². The molecule has 0 radical (unpaired) electrons. The van der Waals surface area contributed by atoms with Gasteiger partial charge >= 0.3 is 5.97 Å². The van der Waals surface area contributed by atoms with Crippen molar-refractivity contribution in [3.63, 3.8) is 0 Å². The molecule has 0 unspecified atom stereocenters. The van der Waals surface area contributed by atoms with Crippen LogP contribution < -0.4 is 0 Å². The van der Waals surface area contributed by atoms with Gasteiger partial charge in [0.05, 0.1) is 10.6 Å². The summed E-state index contributed by atoms with van der Waals surface area (Å²) in [6.45, 7) is 4.22. The predicted octanol–water partition coefficient (Wildman–Crippen LogP) is 1.93. The average Bonchev–Trinajstić information content (AvgIpc) is 2.52. The van der Waals surface area contributed by atoms with Crippen molar-refractivity contribution >= 4 is 21.7 Å². The van der Waals surface area contributed by atoms with E-state index in [0.29, 0.717) is 12.3 Å². The van der Waals surface area contributed by atoms with Crippen LogP contribution in [0.1, 0.15) is 32.3 Å². The van der Waals surface area contributed by atoms with Gasteiger partial charge in [-0.05, 0) is 38.0 Å². The van der Waals surface area contributed by atoms with Gasteiger partial charge in [0.15, 0.2) is 0 Å². The van der Waals surface area contributed by atoms with Gasteiger partial charge in [0, 0.05) is 20.0 Å². The van der Waals surface area contributed by atoms with Crippen molar-refractivity contribution in [2.24, 2.45) is 5.16 Å². The van der Waals surface area contributed by atoms with E-state index in [0.717, 1.165) is 9.87 Å². The molecule has 0 atom stereocenters. The molecule has 0 fully saturated rings. The first-order chi connectivity index (χ1) is 10.8. The number of aliphatic carboxylic acids is 1. The Labute approximate surface area is 136 Å². The van der Waals surface area contributed by atoms with Crippen LogP contribution in [0.15, 0.2) is 34.3 Å². The number of carboxylic acid groups (broad SMARTS) is 1. The fraction of sp³-hybridized carbons (Fsp3) is 0.467. The largest absolute Gasteiger partial charge is 0.481 e. The van der Waals surface area contributed by atoms with E-state index in [4.69, 9.17) is 9.94 Å². The first-order valence-corrected chi connectivity index (χ1v) is 8.68. The molecule has 7 nitrogen and oxygen atoms in total. The number of nitrogens with zero attached hydrogens (tertiary/aromatic N) is 2. The lowest BCUT2D eigenvalue weighted by molar-refractivity contribution is -0.137. The summed E-state index contributed by atoms with van der Waals surface area (Å²) >= 11 is 0. The van der Waals surface area contributed by atoms with Gasteiger partial charge in [0.2, 0.25) is 10.0 Å². The molecule has 0 spiro atoms. The van der Waals surface area contributed by atoms with Crippen LogP contribution in [0.3, 0.4) is 0 Å². The molecule has 1 aromatic carbocycles. The van der Waals surface area contributed by atoms with Crippen molar-refractivity contribution in [2.45, 2.75) is 31.6 Å². The molecule has 128 valence electrons. The number of hydrogen-bond acceptors (Lipinski definition) is 5. The third-order valence-corrected chi connectivity index (χ3v) is 5.05. The van der Waals surface area contributed by atoms with Crippen molar-refractivity contribution in [3.8, 4) is 0 Å². The van der Waals surface area contributed by atoms with Crippen LogP contribution in [0, 0.1) is 0 Å². The van der Waals surface area contributed by atoms with E-state index in [9.17, 15) is 13.2 Å². The maximum atomic E-state index is 12.4. The van der Waals surface area contributed by atoms with Gasteiger partial charge < -0.3 is 9.94 Å². The van der Waals surface area contributed by atoms with Gasteiger partial charge in [-0.15, -0.1) is 0 Å². The van der Waals surface area contributed by atoms with E-state index in [1.807, 2.05) is 6.92 Å². The van der Waals surface area contributed by atoms with Crippen molar-refractivity contribution in [1.82, 2.24) is 4.31 Å². The maximum absolute atomic E-state index is 12.4. The zero-order chi connectivity index (χ0) is 17.5. The Bertz CT molecular complexity index is 653. The lowest BCUT2D eigenvalue weighted by Crippen LogP contribution is -2.28. The molecule has 0 aromatic heterocycles. The summed E-state index contributed by atoms with van der Waals surface area (Å²) < 4.78 is 25.9. The van der Waals surface area contributed by atoms with Crippen LogP contribution in [0.25, 0.3) is 0 Å². The first kappa shape index (κ1) is 19.1. The SMILES string of the molecule is CCON=C(C)c1ccc(S(=O)(=O)N(C)CCCC(=O)O)cc1. The topological polar surface area (TPSA) is 96.3 Å². The molecule has 1 N–H and O–H groups in total. The van der Waals surface area contributed by atoms with Gasteiger partial charge in [0.25, 0.3) is 0 Å². The standard InChI is InChI=1S/C15H22N2O5S/c1-4-22-16-12(2)13-7-9-14(10-8-13)23(20,21)17(3)11-5-6-15(18)19/h7-10H,4-6,11H2,1-3H3,(H,18,19). The predicted molar refractivity (Wildman–Crippen MR) is 87.0 cm³/mol. The Balaban J connectivity index is 2.83. The lowest BCUT2D eigenvalue weighted by atomic mass is 10.1. The van der Waals surface area contributed by atoms with Crippen LogP contribution in [0.5, 0.6) is 0 Å². The summed E-state index contributed by atoms with van der Waals surface area (Å²) in [5.74, 6) is -0.941. The van der Waals surface area contributed by atoms with Crippen LogP contribution in [0.2, 0.25) is 0 Å². The number of carbonyl (C=O) groups is 1. The third-order valence-electron chi connectivity index (χ3n) is 3.17. The second-order valence-corrected chi connectivity index (χ2v) is 6.99. The van der Waals surface area contributed by atoms with Crippen LogP contribution in [-0.4, -0.2) is 49.7 Å². The van der Waals surface area contributed by atoms with Crippen molar-refractivity contribution < 1.29 is 23.2 Å². The maximum Gasteiger partial charge on any atom is 0.303 e. The molecule has 0 aliphatic heterocycles. The van der Waals surface area contributed by atoms with E-state index in [-0.39, 0.29) is 24.3 Å². The minimum absolute atomic E-state index is 0.0636. The van der Waals surface area contributed by atoms with Crippen molar-refractivity contribution in [2.75, 3.05) is 20.2 Å². The quantitative estimate of drug-likeness (QED) is 0.546. The molecular weight excluding hydrogens is 320 g/mol. The zero-order valence-electron chi connectivity index (χ0n) is 13.5. The summed E-state index contributed by atoms with van der Waals surface area (Å²) in [6, 6.07) is 6.33. The highest BCUT2D eigenvalue weighted by molar-refractivity contribution is 7.89. The minimum Gasteiger partial charge on any atom is -0.481 e. The first-order valence-electron chi connectivity index (χ1n) is 7.24. The Morgan fingerprint density at radius 1 is 1.30 bits per heavy atom. The molecular formula is C15H22N2O5S. The smallest absolute Gasteiger partial charge is 0.303 e. The summed E-state index contributed by atoms with van der Waals surface area (Å²) in [5, 5.41) is 12.5. The summed E-state index contributed by atoms with van der Waals surface area (Å²) in [5.41, 5.74) is 1.43. The summed E-state index contributed by atoms with van der Waals surface area (Å²) in [7, 11) is -2.19. The number of hydrogen-bond donors (Lipinski definition) is 1. The highest BCUT2D eigenvalue weighted by Gasteiger charge is 2.20. The molecule has 0 amide bonds.